The minimum Gasteiger partial charge on any atom is -0.481 e. The first kappa shape index (κ1) is 28.7. The minimum atomic E-state index is -2.80. The van der Waals surface area contributed by atoms with E-state index in [0.717, 1.165) is 43.7 Å². The van der Waals surface area contributed by atoms with Gasteiger partial charge in [0.05, 0.1) is 6.42 Å². The summed E-state index contributed by atoms with van der Waals surface area (Å²) in [5, 5.41) is 12.1. The molecule has 198 valence electrons. The van der Waals surface area contributed by atoms with E-state index in [1.807, 2.05) is 13.8 Å². The van der Waals surface area contributed by atoms with Gasteiger partial charge >= 0.3 is 18.6 Å². The van der Waals surface area contributed by atoms with E-state index in [1.165, 1.54) is 17.8 Å². The number of nitrogens with one attached hydrogen (secondary N) is 1. The number of hydrogen-bond donors (Lipinski definition) is 2. The fourth-order valence-electron chi connectivity index (χ4n) is 3.75. The van der Waals surface area contributed by atoms with E-state index < -0.39 is 12.6 Å². The number of amides is 2. The lowest BCUT2D eigenvalue weighted by Gasteiger charge is -2.19. The summed E-state index contributed by atoms with van der Waals surface area (Å²) in [6, 6.07) is 8.75. The number of nitrogens with zero attached hydrogens (tertiary/aromatic N) is 4. The predicted octanol–water partition coefficient (Wildman–Crippen LogP) is 4.29. The van der Waals surface area contributed by atoms with Crippen LogP contribution in [0.15, 0.2) is 36.5 Å². The number of aromatic nitrogens is 2. The van der Waals surface area contributed by atoms with Crippen molar-refractivity contribution < 1.29 is 28.2 Å². The van der Waals surface area contributed by atoms with Crippen LogP contribution in [0, 0.1) is 0 Å². The number of aliphatic carboxylic acids is 1. The summed E-state index contributed by atoms with van der Waals surface area (Å²) in [6.07, 6.45) is 5.34. The number of carboxylic acid groups (broad SMARTS) is 1. The summed E-state index contributed by atoms with van der Waals surface area (Å²) in [6.45, 7) is 4.47. The summed E-state index contributed by atoms with van der Waals surface area (Å²) in [5.41, 5.74) is 2.34. The number of alkyl halides is 2. The van der Waals surface area contributed by atoms with E-state index in [0.29, 0.717) is 26.2 Å². The molecule has 2 aromatic rings. The second-order valence-electron chi connectivity index (χ2n) is 7.89. The Morgan fingerprint density at radius 3 is 2.58 bits per heavy atom. The van der Waals surface area contributed by atoms with Crippen LogP contribution in [0.4, 0.5) is 19.4 Å². The van der Waals surface area contributed by atoms with Gasteiger partial charge in [0.15, 0.2) is 0 Å². The predicted molar refractivity (Wildman–Crippen MR) is 132 cm³/mol. The number of carbonyl (C=O) groups excluding carboxylic acids is 1. The molecule has 4 rings (SSSR count). The third-order valence-electron chi connectivity index (χ3n) is 5.44. The summed E-state index contributed by atoms with van der Waals surface area (Å²) in [7, 11) is 0. The van der Waals surface area contributed by atoms with Gasteiger partial charge in [-0.25, -0.2) is 14.8 Å². The lowest BCUT2D eigenvalue weighted by atomic mass is 10.1. The Hall–Kier alpha value is -3.50. The van der Waals surface area contributed by atoms with Gasteiger partial charge in [0, 0.05) is 50.7 Å². The van der Waals surface area contributed by atoms with E-state index in [2.05, 4.69) is 32.2 Å². The Balaban J connectivity index is 0.000000318. The lowest BCUT2D eigenvalue weighted by Crippen LogP contribution is -2.33. The van der Waals surface area contributed by atoms with Gasteiger partial charge in [-0.1, -0.05) is 26.0 Å². The van der Waals surface area contributed by atoms with Crippen LogP contribution in [0.2, 0.25) is 0 Å². The molecular formula is C25H35F2N5O4. The van der Waals surface area contributed by atoms with Gasteiger partial charge in [-0.2, -0.15) is 8.78 Å². The zero-order valence-electron chi connectivity index (χ0n) is 20.8. The average molecular weight is 508 g/mol. The van der Waals surface area contributed by atoms with Crippen molar-refractivity contribution in [3.63, 3.8) is 0 Å². The number of ether oxygens (including phenoxy) is 1. The van der Waals surface area contributed by atoms with E-state index in [9.17, 15) is 18.4 Å². The van der Waals surface area contributed by atoms with Crippen molar-refractivity contribution in [1.82, 2.24) is 19.8 Å². The average Bonchev–Trinajstić information content (AvgIpc) is 3.23. The van der Waals surface area contributed by atoms with Crippen LogP contribution in [-0.4, -0.2) is 76.2 Å². The van der Waals surface area contributed by atoms with Crippen LogP contribution in [0.25, 0.3) is 0 Å². The first-order chi connectivity index (χ1) is 17.4. The molecule has 2 N–H and O–H groups in total. The normalized spacial score (nSPS) is 14.2. The van der Waals surface area contributed by atoms with Crippen molar-refractivity contribution in [2.24, 2.45) is 0 Å². The van der Waals surface area contributed by atoms with Crippen LogP contribution in [0.3, 0.4) is 0 Å². The van der Waals surface area contributed by atoms with Gasteiger partial charge in [-0.15, -0.1) is 0 Å². The number of hydrogen-bond acceptors (Lipinski definition) is 6. The van der Waals surface area contributed by atoms with Crippen LogP contribution in [0.1, 0.15) is 44.4 Å². The Labute approximate surface area is 210 Å². The van der Waals surface area contributed by atoms with Gasteiger partial charge in [0.1, 0.15) is 5.82 Å². The molecule has 0 unspecified atom stereocenters. The van der Waals surface area contributed by atoms with Crippen LogP contribution < -0.4 is 10.1 Å². The number of carbonyl (C=O) groups is 2. The molecule has 11 heteroatoms. The fourth-order valence-corrected chi connectivity index (χ4v) is 3.75. The zero-order valence-corrected chi connectivity index (χ0v) is 20.8. The van der Waals surface area contributed by atoms with Gasteiger partial charge in [-0.3, -0.25) is 4.79 Å². The lowest BCUT2D eigenvalue weighted by molar-refractivity contribution is -0.137. The fraction of sp³-hybridized carbons (Fsp3) is 0.520. The van der Waals surface area contributed by atoms with Crippen molar-refractivity contribution in [1.29, 1.82) is 0 Å². The highest BCUT2D eigenvalue weighted by molar-refractivity contribution is 5.77. The van der Waals surface area contributed by atoms with Crippen molar-refractivity contribution in [2.75, 3.05) is 38.0 Å². The summed E-state index contributed by atoms with van der Waals surface area (Å²) >= 11 is 0. The summed E-state index contributed by atoms with van der Waals surface area (Å²) < 4.78 is 26.9. The van der Waals surface area contributed by atoms with Crippen LogP contribution in [-0.2, 0) is 17.6 Å². The summed E-state index contributed by atoms with van der Waals surface area (Å²) in [4.78, 5) is 34.4. The molecule has 1 saturated heterocycles. The zero-order chi connectivity index (χ0) is 26.3. The first-order valence-electron chi connectivity index (χ1n) is 12.3. The Morgan fingerprint density at radius 2 is 1.92 bits per heavy atom. The smallest absolute Gasteiger partial charge is 0.388 e. The van der Waals surface area contributed by atoms with Gasteiger partial charge in [0.25, 0.3) is 0 Å². The molecule has 0 saturated carbocycles. The molecule has 0 spiro atoms. The maximum atomic E-state index is 12.2. The highest BCUT2D eigenvalue weighted by Gasteiger charge is 2.27. The third-order valence-corrected chi connectivity index (χ3v) is 5.44. The van der Waals surface area contributed by atoms with E-state index in [4.69, 9.17) is 5.11 Å². The molecule has 0 aliphatic carbocycles. The third kappa shape index (κ3) is 9.63. The number of halogens is 2. The second-order valence-corrected chi connectivity index (χ2v) is 7.89. The maximum Gasteiger partial charge on any atom is 0.388 e. The number of urea groups is 1. The van der Waals surface area contributed by atoms with Crippen molar-refractivity contribution in [3.8, 4) is 5.88 Å². The highest BCUT2D eigenvalue weighted by atomic mass is 19.3. The molecule has 0 aromatic carbocycles. The number of fused-ring (bicyclic) bond motifs is 1. The van der Waals surface area contributed by atoms with Crippen molar-refractivity contribution in [3.05, 3.63) is 47.8 Å². The molecule has 9 nitrogen and oxygen atoms in total. The topological polar surface area (TPSA) is 108 Å². The molecule has 0 atom stereocenters. The molecular weight excluding hydrogens is 472 g/mol. The SMILES string of the molecule is CC.FC(F)Oc1ccccn1.O=C(O)CCN1CCN(CCCc2ccc3c(n2)NCCC3)C1=O. The Morgan fingerprint density at radius 1 is 1.17 bits per heavy atom. The van der Waals surface area contributed by atoms with E-state index in [-0.39, 0.29) is 18.3 Å². The number of rotatable bonds is 9. The van der Waals surface area contributed by atoms with Crippen LogP contribution >= 0.6 is 0 Å². The molecule has 0 radical (unpaired) electrons. The van der Waals surface area contributed by atoms with Crippen molar-refractivity contribution >= 4 is 17.8 Å². The number of pyridine rings is 2. The highest BCUT2D eigenvalue weighted by Crippen LogP contribution is 2.20. The molecule has 2 amide bonds. The molecule has 0 bridgehead atoms. The molecule has 36 heavy (non-hydrogen) atoms. The van der Waals surface area contributed by atoms with Gasteiger partial charge in [0.2, 0.25) is 5.88 Å². The Bertz CT molecular complexity index is 949. The number of carboxylic acids is 1. The Kier molecular flexibility index (Phi) is 12.4. The summed E-state index contributed by atoms with van der Waals surface area (Å²) in [5.74, 6) is 0.0849. The van der Waals surface area contributed by atoms with Crippen molar-refractivity contribution in [2.45, 2.75) is 52.6 Å². The minimum absolute atomic E-state index is 0.00558. The van der Waals surface area contributed by atoms with Gasteiger partial charge in [-0.05, 0) is 43.4 Å². The van der Waals surface area contributed by atoms with Crippen LogP contribution in [0.5, 0.6) is 5.88 Å². The van der Waals surface area contributed by atoms with E-state index >= 15 is 0 Å². The van der Waals surface area contributed by atoms with E-state index in [1.54, 1.807) is 21.9 Å². The monoisotopic (exact) mass is 507 g/mol. The quantitative estimate of drug-likeness (QED) is 0.521. The molecule has 4 heterocycles. The second kappa shape index (κ2) is 15.5. The van der Waals surface area contributed by atoms with Gasteiger partial charge < -0.3 is 25.0 Å². The molecule has 1 fully saturated rings. The number of aryl methyl sites for hydroxylation is 2. The molecule has 2 aliphatic rings. The maximum absolute atomic E-state index is 12.2. The molecule has 2 aliphatic heterocycles. The largest absolute Gasteiger partial charge is 0.481 e. The molecule has 2 aromatic heterocycles. The number of anilines is 1. The first-order valence-corrected chi connectivity index (χ1v) is 12.3. The standard InChI is InChI=1S/C17H24N4O3.C6H5F2NO.C2H6/c22-15(23)7-10-21-12-11-20(17(21)24)9-2-4-14-6-5-13-3-1-8-18-16(13)19-14;7-6(8)10-5-3-1-2-4-9-5;1-2/h5-6H,1-4,7-12H2,(H,18,19)(H,22,23);1-4,6H;1-2H3.